The zero-order valence-corrected chi connectivity index (χ0v) is 23.3. The van der Waals surface area contributed by atoms with Crippen molar-refractivity contribution in [2.45, 2.75) is 16.7 Å². The minimum atomic E-state index is 0.437. The number of nitrogens with one attached hydrogen (secondary N) is 2. The Labute approximate surface area is 232 Å². The number of rotatable bonds is 12. The monoisotopic (exact) mass is 572 g/mol. The molecule has 0 aliphatic carbocycles. The zero-order valence-electron chi connectivity index (χ0n) is 20.0. The molecule has 0 bridgehead atoms. The van der Waals surface area contributed by atoms with Crippen molar-refractivity contribution in [2.24, 2.45) is 10.2 Å². The smallest absolute Gasteiger partial charge is 0.217 e. The Hall–Kier alpha value is -3.20. The van der Waals surface area contributed by atoms with Gasteiger partial charge in [0.05, 0.1) is 26.6 Å². The highest BCUT2D eigenvalue weighted by molar-refractivity contribution is 8.00. The van der Waals surface area contributed by atoms with Gasteiger partial charge in [-0.3, -0.25) is 0 Å². The fourth-order valence-corrected chi connectivity index (χ4v) is 5.30. The van der Waals surface area contributed by atoms with Crippen molar-refractivity contribution in [3.63, 3.8) is 0 Å². The summed E-state index contributed by atoms with van der Waals surface area (Å²) in [6.07, 6.45) is 4.37. The van der Waals surface area contributed by atoms with Gasteiger partial charge in [-0.05, 0) is 90.5 Å². The van der Waals surface area contributed by atoms with Gasteiger partial charge in [0, 0.05) is 11.5 Å². The Morgan fingerprint density at radius 1 is 0.757 bits per heavy atom. The molecule has 4 aromatic rings. The number of benzene rings is 2. The van der Waals surface area contributed by atoms with Crippen LogP contribution < -0.4 is 9.47 Å². The van der Waals surface area contributed by atoms with Crippen LogP contribution in [0.2, 0.25) is 0 Å². The topological polar surface area (TPSA) is 110 Å². The summed E-state index contributed by atoms with van der Waals surface area (Å²) < 4.78 is 14.5. The molecule has 0 aliphatic heterocycles. The lowest BCUT2D eigenvalue weighted by Crippen LogP contribution is -1.96. The van der Waals surface area contributed by atoms with Crippen LogP contribution >= 0.6 is 48.0 Å². The van der Waals surface area contributed by atoms with Crippen LogP contribution in [0.1, 0.15) is 17.5 Å². The maximum Gasteiger partial charge on any atom is 0.217 e. The third-order valence-corrected chi connectivity index (χ3v) is 7.43. The van der Waals surface area contributed by atoms with Gasteiger partial charge in [-0.1, -0.05) is 23.5 Å². The number of hydrogen-bond acceptors (Lipinski definition) is 10. The van der Waals surface area contributed by atoms with Crippen LogP contribution in [0.25, 0.3) is 0 Å². The summed E-state index contributed by atoms with van der Waals surface area (Å²) in [4.78, 5) is 0. The molecule has 0 radical (unpaired) electrons. The maximum atomic E-state index is 5.33. The highest BCUT2D eigenvalue weighted by atomic mass is 32.2. The zero-order chi connectivity index (χ0) is 26.0. The van der Waals surface area contributed by atoms with Crippen LogP contribution in [0.15, 0.2) is 69.0 Å². The fourth-order valence-electron chi connectivity index (χ4n) is 2.96. The number of H-pyrrole nitrogens is 2. The molecule has 2 aromatic heterocycles. The molecule has 0 fully saturated rings. The molecule has 10 nitrogen and oxygen atoms in total. The summed E-state index contributed by atoms with van der Waals surface area (Å²) in [5, 5.41) is 24.6. The molecule has 0 unspecified atom stereocenters. The average Bonchev–Trinajstić information content (AvgIpc) is 3.47. The van der Waals surface area contributed by atoms with Crippen LogP contribution in [-0.2, 0) is 0 Å². The molecule has 0 spiro atoms. The van der Waals surface area contributed by atoms with Gasteiger partial charge < -0.3 is 9.47 Å². The summed E-state index contributed by atoms with van der Waals surface area (Å²) in [7, 11) is 3.27. The molecule has 0 saturated heterocycles. The SMILES string of the molecule is COc1ccc(/C=N/n2c(SCCCSc3n[nH]c(=S)n3/N=C/c3ccc(OC)cc3)n[nH]c2=S)cc1. The minimum Gasteiger partial charge on any atom is -0.497 e. The predicted molar refractivity (Wildman–Crippen MR) is 153 cm³/mol. The van der Waals surface area contributed by atoms with E-state index in [0.717, 1.165) is 40.6 Å². The van der Waals surface area contributed by atoms with Gasteiger partial charge >= 0.3 is 0 Å². The molecule has 0 saturated carbocycles. The lowest BCUT2D eigenvalue weighted by atomic mass is 10.2. The van der Waals surface area contributed by atoms with Gasteiger partial charge in [-0.15, -0.1) is 10.2 Å². The van der Waals surface area contributed by atoms with Gasteiger partial charge in [-0.25, -0.2) is 10.2 Å². The molecule has 37 heavy (non-hydrogen) atoms. The van der Waals surface area contributed by atoms with Crippen molar-refractivity contribution in [1.29, 1.82) is 0 Å². The quantitative estimate of drug-likeness (QED) is 0.103. The standard InChI is InChI=1S/C23H24N8O2S4/c1-32-18-8-4-16(5-9-18)14-24-30-20(34)26-28-22(30)36-12-3-13-37-23-29-27-21(35)31(23)25-15-17-6-10-19(33-2)11-7-17/h4-11,14-15H,3,12-13H2,1-2H3,(H,26,34)(H,27,35)/b24-14+,25-15+. The number of methoxy groups -OCH3 is 2. The molecular formula is C23H24N8O2S4. The highest BCUT2D eigenvalue weighted by Crippen LogP contribution is 2.21. The largest absolute Gasteiger partial charge is 0.497 e. The van der Waals surface area contributed by atoms with Crippen LogP contribution in [0, 0.1) is 9.54 Å². The number of ether oxygens (including phenoxy) is 2. The van der Waals surface area contributed by atoms with E-state index in [1.165, 1.54) is 0 Å². The summed E-state index contributed by atoms with van der Waals surface area (Å²) in [6.45, 7) is 0. The molecule has 4 rings (SSSR count). The molecular weight excluding hydrogens is 549 g/mol. The molecule has 2 N–H and O–H groups in total. The normalized spacial score (nSPS) is 11.5. The first kappa shape index (κ1) is 26.9. The second kappa shape index (κ2) is 13.4. The third kappa shape index (κ3) is 7.41. The van der Waals surface area contributed by atoms with Crippen LogP contribution in [0.5, 0.6) is 11.5 Å². The Morgan fingerprint density at radius 2 is 1.16 bits per heavy atom. The number of aromatic amines is 2. The Bertz CT molecular complexity index is 1360. The molecule has 0 atom stereocenters. The van der Waals surface area contributed by atoms with E-state index in [4.69, 9.17) is 33.9 Å². The van der Waals surface area contributed by atoms with E-state index >= 15 is 0 Å². The third-order valence-electron chi connectivity index (χ3n) is 4.87. The molecule has 2 heterocycles. The van der Waals surface area contributed by atoms with E-state index in [-0.39, 0.29) is 0 Å². The van der Waals surface area contributed by atoms with Crippen LogP contribution in [0.4, 0.5) is 0 Å². The summed E-state index contributed by atoms with van der Waals surface area (Å²) in [5.41, 5.74) is 1.86. The number of hydrogen-bond donors (Lipinski definition) is 2. The molecule has 2 aromatic carbocycles. The number of aromatic nitrogens is 6. The average molecular weight is 573 g/mol. The Kier molecular flexibility index (Phi) is 9.71. The minimum absolute atomic E-state index is 0.437. The predicted octanol–water partition coefficient (Wildman–Crippen LogP) is 5.25. The first-order chi connectivity index (χ1) is 18.1. The number of nitrogens with zero attached hydrogens (tertiary/aromatic N) is 6. The summed E-state index contributed by atoms with van der Waals surface area (Å²) in [6, 6.07) is 15.2. The van der Waals surface area contributed by atoms with Crippen LogP contribution in [0.3, 0.4) is 0 Å². The van der Waals surface area contributed by atoms with Crippen molar-refractivity contribution in [1.82, 2.24) is 29.7 Å². The fraction of sp³-hybridized carbons (Fsp3) is 0.217. The van der Waals surface area contributed by atoms with E-state index in [1.54, 1.807) is 59.5 Å². The van der Waals surface area contributed by atoms with Crippen molar-refractivity contribution in [2.75, 3.05) is 25.7 Å². The summed E-state index contributed by atoms with van der Waals surface area (Å²) in [5.74, 6) is 3.23. The van der Waals surface area contributed by atoms with E-state index in [9.17, 15) is 0 Å². The lowest BCUT2D eigenvalue weighted by Gasteiger charge is -2.03. The van der Waals surface area contributed by atoms with E-state index in [2.05, 4.69) is 30.6 Å². The first-order valence-corrected chi connectivity index (χ1v) is 13.8. The second-order valence-corrected chi connectivity index (χ2v) is 10.2. The first-order valence-electron chi connectivity index (χ1n) is 11.0. The van der Waals surface area contributed by atoms with Gasteiger partial charge in [0.1, 0.15) is 11.5 Å². The molecule has 0 aliphatic rings. The van der Waals surface area contributed by atoms with E-state index < -0.39 is 0 Å². The van der Waals surface area contributed by atoms with E-state index in [0.29, 0.717) is 19.9 Å². The van der Waals surface area contributed by atoms with Gasteiger partial charge in [0.2, 0.25) is 19.9 Å². The van der Waals surface area contributed by atoms with Gasteiger partial charge in [0.25, 0.3) is 0 Å². The summed E-state index contributed by atoms with van der Waals surface area (Å²) >= 11 is 13.8. The number of thioether (sulfide) groups is 2. The maximum absolute atomic E-state index is 5.33. The van der Waals surface area contributed by atoms with Crippen molar-refractivity contribution in [3.05, 3.63) is 69.2 Å². The molecule has 0 amide bonds. The lowest BCUT2D eigenvalue weighted by molar-refractivity contribution is 0.414. The second-order valence-electron chi connectivity index (χ2n) is 7.33. The molecule has 192 valence electrons. The van der Waals surface area contributed by atoms with Crippen LogP contribution in [-0.4, -0.2) is 67.9 Å². The van der Waals surface area contributed by atoms with Crippen molar-refractivity contribution < 1.29 is 9.47 Å². The van der Waals surface area contributed by atoms with Gasteiger partial charge in [-0.2, -0.15) is 19.6 Å². The van der Waals surface area contributed by atoms with Gasteiger partial charge in [0.15, 0.2) is 0 Å². The van der Waals surface area contributed by atoms with Crippen molar-refractivity contribution in [3.8, 4) is 11.5 Å². The highest BCUT2D eigenvalue weighted by Gasteiger charge is 2.08. The van der Waals surface area contributed by atoms with Crippen molar-refractivity contribution >= 4 is 60.4 Å². The molecule has 14 heteroatoms. The Balaban J connectivity index is 1.29. The Morgan fingerprint density at radius 3 is 1.54 bits per heavy atom. The van der Waals surface area contributed by atoms with E-state index in [1.807, 2.05) is 48.5 Å².